The maximum atomic E-state index is 12.0. The Hall–Kier alpha value is -1.26. The predicted molar refractivity (Wildman–Crippen MR) is 73.9 cm³/mol. The van der Waals surface area contributed by atoms with E-state index in [0.29, 0.717) is 19.0 Å². The number of carboxylic acids is 1. The summed E-state index contributed by atoms with van der Waals surface area (Å²) in [7, 11) is 0. The summed E-state index contributed by atoms with van der Waals surface area (Å²) in [4.78, 5) is 24.5. The molecule has 2 unspecified atom stereocenters. The van der Waals surface area contributed by atoms with E-state index in [-0.39, 0.29) is 23.9 Å². The van der Waals surface area contributed by atoms with E-state index in [1.165, 1.54) is 0 Å². The first kappa shape index (κ1) is 15.8. The van der Waals surface area contributed by atoms with Crippen molar-refractivity contribution in [2.24, 2.45) is 17.8 Å². The lowest BCUT2D eigenvalue weighted by atomic mass is 9.87. The Morgan fingerprint density at radius 1 is 1.26 bits per heavy atom. The van der Waals surface area contributed by atoms with Crippen LogP contribution in [0.25, 0.3) is 0 Å². The lowest BCUT2D eigenvalue weighted by Gasteiger charge is -2.41. The molecule has 0 saturated carbocycles. The van der Waals surface area contributed by atoms with Crippen molar-refractivity contribution < 1.29 is 14.7 Å². The summed E-state index contributed by atoms with van der Waals surface area (Å²) in [6.07, 6.45) is 2.10. The van der Waals surface area contributed by atoms with Crippen LogP contribution in [0.5, 0.6) is 0 Å². The fraction of sp³-hybridized carbons (Fsp3) is 0.857. The Bertz CT molecular complexity index is 323. The normalized spacial score (nSPS) is 18.9. The van der Waals surface area contributed by atoms with Crippen molar-refractivity contribution in [2.75, 3.05) is 13.1 Å². The molecule has 1 saturated heterocycles. The second kappa shape index (κ2) is 6.78. The summed E-state index contributed by atoms with van der Waals surface area (Å²) < 4.78 is 0. The molecule has 1 fully saturated rings. The molecule has 2 atom stereocenters. The number of hydrogen-bond donors (Lipinski definition) is 2. The van der Waals surface area contributed by atoms with E-state index in [1.54, 1.807) is 11.8 Å². The van der Waals surface area contributed by atoms with Crippen LogP contribution in [0.3, 0.4) is 0 Å². The molecule has 0 aromatic rings. The first-order valence-electron chi connectivity index (χ1n) is 7.18. The zero-order valence-electron chi connectivity index (χ0n) is 12.3. The summed E-state index contributed by atoms with van der Waals surface area (Å²) in [6.45, 7) is 9.10. The number of likely N-dealkylation sites (tertiary alicyclic amines) is 1. The van der Waals surface area contributed by atoms with Gasteiger partial charge in [0.25, 0.3) is 0 Å². The van der Waals surface area contributed by atoms with Gasteiger partial charge in [-0.25, -0.2) is 4.79 Å². The standard InChI is InChI=1S/C14H26N2O3/c1-5-11(6-2)10(4)15-14(19)16-7-12(8-16)9(3)13(17)18/h9-12H,5-8H2,1-4H3,(H,15,19)(H,17,18). The van der Waals surface area contributed by atoms with Gasteiger partial charge in [-0.15, -0.1) is 0 Å². The maximum absolute atomic E-state index is 12.0. The van der Waals surface area contributed by atoms with E-state index in [2.05, 4.69) is 19.2 Å². The number of nitrogens with one attached hydrogen (secondary N) is 1. The van der Waals surface area contributed by atoms with Gasteiger partial charge >= 0.3 is 12.0 Å². The van der Waals surface area contributed by atoms with Crippen molar-refractivity contribution in [2.45, 2.75) is 46.6 Å². The van der Waals surface area contributed by atoms with Crippen LogP contribution in [-0.4, -0.2) is 41.1 Å². The lowest BCUT2D eigenvalue weighted by Crippen LogP contribution is -2.58. The SMILES string of the molecule is CCC(CC)C(C)NC(=O)N1CC(C(C)C(=O)O)C1. The molecule has 1 aliphatic heterocycles. The summed E-state index contributed by atoms with van der Waals surface area (Å²) in [5, 5.41) is 11.9. The topological polar surface area (TPSA) is 69.6 Å². The van der Waals surface area contributed by atoms with E-state index in [4.69, 9.17) is 5.11 Å². The molecule has 110 valence electrons. The Kier molecular flexibility index (Phi) is 5.63. The number of carbonyl (C=O) groups is 2. The molecule has 2 amide bonds. The summed E-state index contributed by atoms with van der Waals surface area (Å²) in [6, 6.07) is 0.103. The molecule has 0 spiro atoms. The van der Waals surface area contributed by atoms with Gasteiger partial charge in [0.15, 0.2) is 0 Å². The highest BCUT2D eigenvalue weighted by molar-refractivity contribution is 5.76. The Morgan fingerprint density at radius 2 is 1.79 bits per heavy atom. The first-order valence-corrected chi connectivity index (χ1v) is 7.18. The number of amides is 2. The summed E-state index contributed by atoms with van der Waals surface area (Å²) >= 11 is 0. The smallest absolute Gasteiger partial charge is 0.317 e. The molecule has 1 heterocycles. The second-order valence-electron chi connectivity index (χ2n) is 5.61. The van der Waals surface area contributed by atoms with Crippen LogP contribution in [0, 0.1) is 17.8 Å². The van der Waals surface area contributed by atoms with Gasteiger partial charge in [0, 0.05) is 25.0 Å². The van der Waals surface area contributed by atoms with E-state index in [0.717, 1.165) is 12.8 Å². The predicted octanol–water partition coefficient (Wildman–Crippen LogP) is 2.17. The second-order valence-corrected chi connectivity index (χ2v) is 5.61. The van der Waals surface area contributed by atoms with Crippen LogP contribution < -0.4 is 5.32 Å². The van der Waals surface area contributed by atoms with Crippen LogP contribution in [0.2, 0.25) is 0 Å². The fourth-order valence-corrected chi connectivity index (χ4v) is 2.60. The Balaban J connectivity index is 2.36. The maximum Gasteiger partial charge on any atom is 0.317 e. The molecule has 19 heavy (non-hydrogen) atoms. The van der Waals surface area contributed by atoms with Gasteiger partial charge in [-0.2, -0.15) is 0 Å². The third kappa shape index (κ3) is 3.85. The van der Waals surface area contributed by atoms with Crippen molar-refractivity contribution in [3.8, 4) is 0 Å². The van der Waals surface area contributed by atoms with E-state index in [1.807, 2.05) is 6.92 Å². The van der Waals surface area contributed by atoms with Crippen molar-refractivity contribution >= 4 is 12.0 Å². The monoisotopic (exact) mass is 270 g/mol. The Labute approximate surface area is 115 Å². The number of carbonyl (C=O) groups excluding carboxylic acids is 1. The third-order valence-corrected chi connectivity index (χ3v) is 4.40. The fourth-order valence-electron chi connectivity index (χ4n) is 2.60. The molecule has 0 radical (unpaired) electrons. The van der Waals surface area contributed by atoms with Crippen molar-refractivity contribution in [3.05, 3.63) is 0 Å². The molecule has 1 aliphatic rings. The van der Waals surface area contributed by atoms with E-state index < -0.39 is 5.97 Å². The highest BCUT2D eigenvalue weighted by Gasteiger charge is 2.37. The largest absolute Gasteiger partial charge is 0.481 e. The molecule has 2 N–H and O–H groups in total. The molecule has 0 aliphatic carbocycles. The molecule has 5 heteroatoms. The molecule has 0 aromatic heterocycles. The van der Waals surface area contributed by atoms with Gasteiger partial charge < -0.3 is 15.3 Å². The summed E-state index contributed by atoms with van der Waals surface area (Å²) in [5.41, 5.74) is 0. The Morgan fingerprint density at radius 3 is 2.21 bits per heavy atom. The van der Waals surface area contributed by atoms with Crippen LogP contribution in [-0.2, 0) is 4.79 Å². The van der Waals surface area contributed by atoms with Crippen molar-refractivity contribution in [1.29, 1.82) is 0 Å². The lowest BCUT2D eigenvalue weighted by molar-refractivity contribution is -0.144. The minimum Gasteiger partial charge on any atom is -0.481 e. The molecule has 5 nitrogen and oxygen atoms in total. The number of rotatable bonds is 6. The quantitative estimate of drug-likeness (QED) is 0.777. The van der Waals surface area contributed by atoms with Gasteiger partial charge in [0.2, 0.25) is 0 Å². The highest BCUT2D eigenvalue weighted by Crippen LogP contribution is 2.24. The summed E-state index contributed by atoms with van der Waals surface area (Å²) in [5.74, 6) is -0.568. The van der Waals surface area contributed by atoms with E-state index in [9.17, 15) is 9.59 Å². The van der Waals surface area contributed by atoms with E-state index >= 15 is 0 Å². The van der Waals surface area contributed by atoms with Crippen LogP contribution >= 0.6 is 0 Å². The first-order chi connectivity index (χ1) is 8.90. The minimum atomic E-state index is -0.782. The minimum absolute atomic E-state index is 0.0618. The number of urea groups is 1. The van der Waals surface area contributed by atoms with Gasteiger partial charge in [0.05, 0.1) is 5.92 Å². The van der Waals surface area contributed by atoms with Crippen molar-refractivity contribution in [3.63, 3.8) is 0 Å². The molecule has 1 rings (SSSR count). The molecular weight excluding hydrogens is 244 g/mol. The number of nitrogens with zero attached hydrogens (tertiary/aromatic N) is 1. The average Bonchev–Trinajstić information content (AvgIpc) is 2.28. The van der Waals surface area contributed by atoms with Gasteiger partial charge in [-0.1, -0.05) is 33.6 Å². The zero-order valence-corrected chi connectivity index (χ0v) is 12.3. The number of carboxylic acid groups (broad SMARTS) is 1. The molecular formula is C14H26N2O3. The number of aliphatic carboxylic acids is 1. The average molecular weight is 270 g/mol. The van der Waals surface area contributed by atoms with Gasteiger partial charge in [-0.3, -0.25) is 4.79 Å². The zero-order chi connectivity index (χ0) is 14.6. The van der Waals surface area contributed by atoms with Crippen LogP contribution in [0.4, 0.5) is 4.79 Å². The number of hydrogen-bond acceptors (Lipinski definition) is 2. The van der Waals surface area contributed by atoms with Crippen molar-refractivity contribution in [1.82, 2.24) is 10.2 Å². The van der Waals surface area contributed by atoms with Gasteiger partial charge in [-0.05, 0) is 12.8 Å². The molecule has 0 bridgehead atoms. The van der Waals surface area contributed by atoms with Crippen LogP contribution in [0.15, 0.2) is 0 Å². The highest BCUT2D eigenvalue weighted by atomic mass is 16.4. The van der Waals surface area contributed by atoms with Gasteiger partial charge in [0.1, 0.15) is 0 Å². The molecule has 0 aromatic carbocycles. The third-order valence-electron chi connectivity index (χ3n) is 4.40. The van der Waals surface area contributed by atoms with Crippen LogP contribution in [0.1, 0.15) is 40.5 Å².